The molecule has 1 aromatic carbocycles. The van der Waals surface area contributed by atoms with Crippen molar-refractivity contribution >= 4 is 0 Å². The van der Waals surface area contributed by atoms with Gasteiger partial charge in [-0.25, -0.2) is 0 Å². The van der Waals surface area contributed by atoms with Gasteiger partial charge in [-0.3, -0.25) is 0 Å². The second-order valence-corrected chi connectivity index (χ2v) is 2.49. The van der Waals surface area contributed by atoms with Gasteiger partial charge >= 0.3 is 0 Å². The van der Waals surface area contributed by atoms with E-state index in [1.54, 1.807) is 6.08 Å². The molecule has 56 valence electrons. The Bertz CT molecular complexity index is 292. The van der Waals surface area contributed by atoms with Gasteiger partial charge < -0.3 is 4.74 Å². The van der Waals surface area contributed by atoms with Gasteiger partial charge in [0, 0.05) is 0 Å². The number of rotatable bonds is 1. The van der Waals surface area contributed by atoms with Crippen LogP contribution in [0.4, 0.5) is 0 Å². The lowest BCUT2D eigenvalue weighted by atomic mass is 10.1. The molecule has 1 aliphatic heterocycles. The van der Waals surface area contributed by atoms with Crippen molar-refractivity contribution < 1.29 is 6.11 Å². The van der Waals surface area contributed by atoms with E-state index in [2.05, 4.69) is 0 Å². The van der Waals surface area contributed by atoms with Gasteiger partial charge in [0.2, 0.25) is 0 Å². The normalized spacial score (nSPS) is 24.5. The minimum Gasteiger partial charge on any atom is -0.365 e. The molecule has 0 fully saturated rings. The average molecular weight is 147 g/mol. The van der Waals surface area contributed by atoms with Gasteiger partial charge in [-0.15, -0.1) is 0 Å². The van der Waals surface area contributed by atoms with E-state index in [0.29, 0.717) is 12.7 Å². The standard InChI is InChI=1S/C10H10O/c1-2-5-9(6-3-1)10-7-4-8-11-10/h1-7,10H,8H2/t10-/m0/s1/i7D. The summed E-state index contributed by atoms with van der Waals surface area (Å²) in [4.78, 5) is 0. The summed E-state index contributed by atoms with van der Waals surface area (Å²) in [5.41, 5.74) is 1.07. The monoisotopic (exact) mass is 147 g/mol. The maximum absolute atomic E-state index is 7.56. The molecular weight excluding hydrogens is 136 g/mol. The lowest BCUT2D eigenvalue weighted by Crippen LogP contribution is -1.94. The Morgan fingerprint density at radius 3 is 2.82 bits per heavy atom. The van der Waals surface area contributed by atoms with Gasteiger partial charge in [0.05, 0.1) is 7.98 Å². The first-order valence-electron chi connectivity index (χ1n) is 4.21. The van der Waals surface area contributed by atoms with Crippen LogP contribution in [0.1, 0.15) is 13.0 Å². The molecule has 0 spiro atoms. The first-order valence-corrected chi connectivity index (χ1v) is 3.71. The van der Waals surface area contributed by atoms with E-state index in [9.17, 15) is 0 Å². The molecule has 1 nitrogen and oxygen atoms in total. The molecule has 0 aromatic heterocycles. The summed E-state index contributed by atoms with van der Waals surface area (Å²) in [7, 11) is 0. The van der Waals surface area contributed by atoms with E-state index < -0.39 is 0 Å². The molecule has 1 aromatic rings. The lowest BCUT2D eigenvalue weighted by molar-refractivity contribution is 0.129. The summed E-state index contributed by atoms with van der Waals surface area (Å²) in [5, 5.41) is 0. The van der Waals surface area contributed by atoms with Crippen molar-refractivity contribution in [3.8, 4) is 0 Å². The largest absolute Gasteiger partial charge is 0.365 e. The topological polar surface area (TPSA) is 9.23 Å². The molecule has 1 heteroatoms. The van der Waals surface area contributed by atoms with Gasteiger partial charge in [0.25, 0.3) is 0 Å². The molecule has 0 radical (unpaired) electrons. The highest BCUT2D eigenvalue weighted by Crippen LogP contribution is 2.21. The van der Waals surface area contributed by atoms with Gasteiger partial charge in [-0.05, 0) is 5.56 Å². The van der Waals surface area contributed by atoms with E-state index in [-0.39, 0.29) is 6.10 Å². The van der Waals surface area contributed by atoms with E-state index >= 15 is 0 Å². The van der Waals surface area contributed by atoms with Crippen LogP contribution >= 0.6 is 0 Å². The highest BCUT2D eigenvalue weighted by molar-refractivity contribution is 5.22. The Morgan fingerprint density at radius 2 is 2.18 bits per heavy atom. The van der Waals surface area contributed by atoms with Crippen molar-refractivity contribution in [2.24, 2.45) is 0 Å². The van der Waals surface area contributed by atoms with Gasteiger partial charge in [0.1, 0.15) is 6.10 Å². The fourth-order valence-corrected chi connectivity index (χ4v) is 1.17. The molecular formula is C10H10O. The second-order valence-electron chi connectivity index (χ2n) is 2.49. The number of hydrogen-bond acceptors (Lipinski definition) is 1. The van der Waals surface area contributed by atoms with Crippen LogP contribution in [0.3, 0.4) is 0 Å². The molecule has 1 heterocycles. The van der Waals surface area contributed by atoms with E-state index in [1.807, 2.05) is 30.3 Å². The van der Waals surface area contributed by atoms with Crippen LogP contribution in [0.2, 0.25) is 0 Å². The maximum Gasteiger partial charge on any atom is 0.101 e. The summed E-state index contributed by atoms with van der Waals surface area (Å²) in [6.45, 7) is 0.568. The van der Waals surface area contributed by atoms with E-state index in [1.165, 1.54) is 0 Å². The minimum atomic E-state index is -0.133. The fraction of sp³-hybridized carbons (Fsp3) is 0.200. The second kappa shape index (κ2) is 2.89. The number of hydrogen-bond donors (Lipinski definition) is 0. The van der Waals surface area contributed by atoms with Crippen molar-refractivity contribution in [1.82, 2.24) is 0 Å². The molecule has 11 heavy (non-hydrogen) atoms. The molecule has 1 atom stereocenters. The SMILES string of the molecule is [2H]C1=CCO[C@@H]1c1ccccc1. The zero-order valence-electron chi connectivity index (χ0n) is 7.16. The third kappa shape index (κ3) is 1.33. The Hall–Kier alpha value is -1.08. The zero-order chi connectivity index (χ0) is 8.39. The van der Waals surface area contributed by atoms with Crippen LogP contribution in [0.25, 0.3) is 0 Å². The van der Waals surface area contributed by atoms with Crippen LogP contribution in [0.15, 0.2) is 42.5 Å². The summed E-state index contributed by atoms with van der Waals surface area (Å²) in [6, 6.07) is 10.4. The first-order chi connectivity index (χ1) is 5.88. The van der Waals surface area contributed by atoms with Crippen molar-refractivity contribution in [3.05, 3.63) is 48.0 Å². The lowest BCUT2D eigenvalue weighted by Gasteiger charge is -2.06. The Kier molecular flexibility index (Phi) is 1.46. The van der Waals surface area contributed by atoms with Crippen LogP contribution in [0, 0.1) is 0 Å². The molecule has 0 N–H and O–H groups in total. The summed E-state index contributed by atoms with van der Waals surface area (Å²) < 4.78 is 12.9. The summed E-state index contributed by atoms with van der Waals surface area (Å²) in [5.74, 6) is 0. The Morgan fingerprint density at radius 1 is 1.36 bits per heavy atom. The molecule has 1 aliphatic rings. The fourth-order valence-electron chi connectivity index (χ4n) is 1.17. The molecule has 0 amide bonds. The number of benzene rings is 1. The van der Waals surface area contributed by atoms with Crippen molar-refractivity contribution in [2.75, 3.05) is 6.61 Å². The van der Waals surface area contributed by atoms with Crippen LogP contribution in [-0.2, 0) is 4.74 Å². The summed E-state index contributed by atoms with van der Waals surface area (Å²) >= 11 is 0. The highest BCUT2D eigenvalue weighted by atomic mass is 16.5. The third-order valence-corrected chi connectivity index (χ3v) is 1.72. The molecule has 0 unspecified atom stereocenters. The summed E-state index contributed by atoms with van der Waals surface area (Å²) in [6.07, 6.45) is 1.67. The smallest absolute Gasteiger partial charge is 0.101 e. The first kappa shape index (κ1) is 5.56. The number of ether oxygens (including phenoxy) is 1. The molecule has 0 saturated carbocycles. The molecule has 0 bridgehead atoms. The minimum absolute atomic E-state index is 0.133. The molecule has 0 aliphatic carbocycles. The van der Waals surface area contributed by atoms with Crippen molar-refractivity contribution in [3.63, 3.8) is 0 Å². The van der Waals surface area contributed by atoms with Gasteiger partial charge in [-0.1, -0.05) is 42.5 Å². The van der Waals surface area contributed by atoms with Crippen LogP contribution in [-0.4, -0.2) is 6.61 Å². The molecule has 2 rings (SSSR count). The molecule has 0 saturated heterocycles. The predicted molar refractivity (Wildman–Crippen MR) is 44.3 cm³/mol. The van der Waals surface area contributed by atoms with Gasteiger partial charge in [0.15, 0.2) is 0 Å². The zero-order valence-corrected chi connectivity index (χ0v) is 6.16. The van der Waals surface area contributed by atoms with Crippen molar-refractivity contribution in [1.29, 1.82) is 0 Å². The quantitative estimate of drug-likeness (QED) is 0.554. The maximum atomic E-state index is 7.56. The predicted octanol–water partition coefficient (Wildman–Crippen LogP) is 2.31. The van der Waals surface area contributed by atoms with E-state index in [0.717, 1.165) is 5.56 Å². The highest BCUT2D eigenvalue weighted by Gasteiger charge is 2.10. The Labute approximate surface area is 67.7 Å². The average Bonchev–Trinajstić information content (AvgIpc) is 2.53. The van der Waals surface area contributed by atoms with E-state index in [4.69, 9.17) is 6.11 Å². The van der Waals surface area contributed by atoms with Crippen LogP contribution in [0.5, 0.6) is 0 Å². The van der Waals surface area contributed by atoms with Crippen LogP contribution < -0.4 is 0 Å². The van der Waals surface area contributed by atoms with Gasteiger partial charge in [-0.2, -0.15) is 0 Å². The van der Waals surface area contributed by atoms with Crippen molar-refractivity contribution in [2.45, 2.75) is 6.10 Å². The Balaban J connectivity index is 2.27. The third-order valence-electron chi connectivity index (χ3n) is 1.72.